The Bertz CT molecular complexity index is 476. The fourth-order valence-electron chi connectivity index (χ4n) is 2.17. The number of imidazole rings is 1. The molecule has 1 aliphatic heterocycles. The lowest BCUT2D eigenvalue weighted by atomic mass is 10.2. The van der Waals surface area contributed by atoms with Crippen LogP contribution in [0.15, 0.2) is 34.9 Å². The molecule has 2 aromatic rings. The lowest BCUT2D eigenvalue weighted by Crippen LogP contribution is -2.08. The van der Waals surface area contributed by atoms with Crippen LogP contribution >= 0.6 is 15.9 Å². The summed E-state index contributed by atoms with van der Waals surface area (Å²) in [4.78, 5) is 4.70. The summed E-state index contributed by atoms with van der Waals surface area (Å²) in [5.41, 5.74) is 2.30. The fraction of sp³-hybridized carbons (Fsp3) is 0.308. The third kappa shape index (κ3) is 1.80. The van der Waals surface area contributed by atoms with Gasteiger partial charge in [0.05, 0.1) is 5.69 Å². The Balaban J connectivity index is 2.00. The van der Waals surface area contributed by atoms with Gasteiger partial charge in [0.2, 0.25) is 0 Å². The molecule has 3 heteroatoms. The zero-order valence-corrected chi connectivity index (χ0v) is 10.6. The highest BCUT2D eigenvalue weighted by Gasteiger charge is 2.12. The maximum atomic E-state index is 4.70. The lowest BCUT2D eigenvalue weighted by molar-refractivity contribution is 0.522. The van der Waals surface area contributed by atoms with Crippen molar-refractivity contribution in [2.45, 2.75) is 25.8 Å². The van der Waals surface area contributed by atoms with Crippen molar-refractivity contribution in [2.75, 3.05) is 0 Å². The van der Waals surface area contributed by atoms with E-state index in [2.05, 4.69) is 51.0 Å². The second kappa shape index (κ2) is 4.06. The third-order valence-electron chi connectivity index (χ3n) is 3.05. The van der Waals surface area contributed by atoms with Crippen LogP contribution in [-0.2, 0) is 13.0 Å². The molecule has 0 unspecified atom stereocenters. The molecular formula is C13H13BrN2. The van der Waals surface area contributed by atoms with Crippen LogP contribution in [0.2, 0.25) is 0 Å². The van der Waals surface area contributed by atoms with Gasteiger partial charge in [-0.1, -0.05) is 28.1 Å². The average molecular weight is 277 g/mol. The molecule has 0 saturated carbocycles. The fourth-order valence-corrected chi connectivity index (χ4v) is 2.44. The molecule has 2 heterocycles. The Morgan fingerprint density at radius 2 is 1.94 bits per heavy atom. The molecule has 0 saturated heterocycles. The summed E-state index contributed by atoms with van der Waals surface area (Å²) in [6.45, 7) is 1.12. The van der Waals surface area contributed by atoms with Crippen LogP contribution < -0.4 is 0 Å². The summed E-state index contributed by atoms with van der Waals surface area (Å²) in [6.07, 6.45) is 5.86. The number of aryl methyl sites for hydroxylation is 2. The quantitative estimate of drug-likeness (QED) is 0.778. The first kappa shape index (κ1) is 10.1. The highest BCUT2D eigenvalue weighted by Crippen LogP contribution is 2.23. The van der Waals surface area contributed by atoms with Crippen molar-refractivity contribution in [1.82, 2.24) is 9.55 Å². The van der Waals surface area contributed by atoms with Gasteiger partial charge in [-0.05, 0) is 25.0 Å². The van der Waals surface area contributed by atoms with E-state index in [1.165, 1.54) is 24.2 Å². The normalized spacial score (nSPS) is 14.8. The number of halogens is 1. The van der Waals surface area contributed by atoms with E-state index in [1.54, 1.807) is 0 Å². The standard InChI is InChI=1S/C13H13BrN2/c14-11-6-4-10(5-7-11)12-9-16-8-2-1-3-13(16)15-12/h4-7,9H,1-3,8H2. The van der Waals surface area contributed by atoms with E-state index >= 15 is 0 Å². The topological polar surface area (TPSA) is 17.8 Å². The number of fused-ring (bicyclic) bond motifs is 1. The molecule has 2 nitrogen and oxygen atoms in total. The number of aromatic nitrogens is 2. The highest BCUT2D eigenvalue weighted by molar-refractivity contribution is 9.10. The molecule has 0 radical (unpaired) electrons. The molecule has 0 spiro atoms. The minimum Gasteiger partial charge on any atom is -0.334 e. The van der Waals surface area contributed by atoms with Crippen LogP contribution in [0, 0.1) is 0 Å². The van der Waals surface area contributed by atoms with Crippen LogP contribution in [0.3, 0.4) is 0 Å². The van der Waals surface area contributed by atoms with Gasteiger partial charge in [-0.2, -0.15) is 0 Å². The van der Waals surface area contributed by atoms with Gasteiger partial charge < -0.3 is 4.57 Å². The molecule has 1 aromatic carbocycles. The van der Waals surface area contributed by atoms with Gasteiger partial charge in [-0.25, -0.2) is 4.98 Å². The van der Waals surface area contributed by atoms with E-state index < -0.39 is 0 Å². The highest BCUT2D eigenvalue weighted by atomic mass is 79.9. The van der Waals surface area contributed by atoms with Crippen molar-refractivity contribution in [1.29, 1.82) is 0 Å². The summed E-state index contributed by atoms with van der Waals surface area (Å²) >= 11 is 3.45. The zero-order chi connectivity index (χ0) is 11.0. The van der Waals surface area contributed by atoms with Crippen molar-refractivity contribution < 1.29 is 0 Å². The molecule has 0 N–H and O–H groups in total. The van der Waals surface area contributed by atoms with Gasteiger partial charge in [0.1, 0.15) is 5.82 Å². The van der Waals surface area contributed by atoms with Crippen molar-refractivity contribution in [3.8, 4) is 11.3 Å². The largest absolute Gasteiger partial charge is 0.334 e. The zero-order valence-electron chi connectivity index (χ0n) is 8.99. The third-order valence-corrected chi connectivity index (χ3v) is 3.58. The molecule has 0 atom stereocenters. The summed E-state index contributed by atoms with van der Waals surface area (Å²) in [6, 6.07) is 8.35. The molecule has 3 rings (SSSR count). The van der Waals surface area contributed by atoms with Gasteiger partial charge in [0.15, 0.2) is 0 Å². The van der Waals surface area contributed by atoms with Gasteiger partial charge in [0.25, 0.3) is 0 Å². The summed E-state index contributed by atoms with van der Waals surface area (Å²) in [5, 5.41) is 0. The molecule has 16 heavy (non-hydrogen) atoms. The van der Waals surface area contributed by atoms with E-state index in [0.29, 0.717) is 0 Å². The molecule has 1 aromatic heterocycles. The predicted octanol–water partition coefficient (Wildman–Crippen LogP) is 3.65. The average Bonchev–Trinajstić information content (AvgIpc) is 2.73. The smallest absolute Gasteiger partial charge is 0.109 e. The number of hydrogen-bond donors (Lipinski definition) is 0. The molecule has 0 bridgehead atoms. The van der Waals surface area contributed by atoms with Crippen LogP contribution in [0.25, 0.3) is 11.3 Å². The van der Waals surface area contributed by atoms with Crippen LogP contribution in [-0.4, -0.2) is 9.55 Å². The first-order valence-corrected chi connectivity index (χ1v) is 6.44. The Hall–Kier alpha value is -1.09. The summed E-state index contributed by atoms with van der Waals surface area (Å²) < 4.78 is 3.40. The molecule has 82 valence electrons. The molecule has 0 aliphatic carbocycles. The molecule has 1 aliphatic rings. The Morgan fingerprint density at radius 1 is 1.12 bits per heavy atom. The minimum absolute atomic E-state index is 1.10. The number of rotatable bonds is 1. The second-order valence-electron chi connectivity index (χ2n) is 4.20. The number of nitrogens with zero attached hydrogens (tertiary/aromatic N) is 2. The second-order valence-corrected chi connectivity index (χ2v) is 5.12. The monoisotopic (exact) mass is 276 g/mol. The van der Waals surface area contributed by atoms with E-state index in [1.807, 2.05) is 0 Å². The first-order chi connectivity index (χ1) is 7.83. The summed E-state index contributed by atoms with van der Waals surface area (Å²) in [5.74, 6) is 1.24. The van der Waals surface area contributed by atoms with Crippen molar-refractivity contribution in [2.24, 2.45) is 0 Å². The van der Waals surface area contributed by atoms with Crippen molar-refractivity contribution >= 4 is 15.9 Å². The molecular weight excluding hydrogens is 264 g/mol. The first-order valence-electron chi connectivity index (χ1n) is 5.65. The maximum Gasteiger partial charge on any atom is 0.109 e. The predicted molar refractivity (Wildman–Crippen MR) is 68.3 cm³/mol. The van der Waals surface area contributed by atoms with Crippen LogP contribution in [0.4, 0.5) is 0 Å². The van der Waals surface area contributed by atoms with Crippen molar-refractivity contribution in [3.63, 3.8) is 0 Å². The van der Waals surface area contributed by atoms with Gasteiger partial charge >= 0.3 is 0 Å². The van der Waals surface area contributed by atoms with Crippen LogP contribution in [0.5, 0.6) is 0 Å². The SMILES string of the molecule is Brc1ccc(-c2cn3c(n2)CCCC3)cc1. The van der Waals surface area contributed by atoms with Crippen molar-refractivity contribution in [3.05, 3.63) is 40.8 Å². The Morgan fingerprint density at radius 3 is 2.69 bits per heavy atom. The van der Waals surface area contributed by atoms with E-state index in [9.17, 15) is 0 Å². The number of benzene rings is 1. The Labute approximate surface area is 103 Å². The minimum atomic E-state index is 1.10. The van der Waals surface area contributed by atoms with Gasteiger partial charge in [-0.3, -0.25) is 0 Å². The van der Waals surface area contributed by atoms with E-state index in [4.69, 9.17) is 4.98 Å². The Kier molecular flexibility index (Phi) is 2.56. The van der Waals surface area contributed by atoms with E-state index in [-0.39, 0.29) is 0 Å². The van der Waals surface area contributed by atoms with Gasteiger partial charge in [-0.15, -0.1) is 0 Å². The number of hydrogen-bond acceptors (Lipinski definition) is 1. The molecule has 0 fully saturated rings. The van der Waals surface area contributed by atoms with Crippen LogP contribution in [0.1, 0.15) is 18.7 Å². The molecule has 0 amide bonds. The lowest BCUT2D eigenvalue weighted by Gasteiger charge is -2.11. The van der Waals surface area contributed by atoms with E-state index in [0.717, 1.165) is 23.1 Å². The maximum absolute atomic E-state index is 4.70. The summed E-state index contributed by atoms with van der Waals surface area (Å²) in [7, 11) is 0. The van der Waals surface area contributed by atoms with Gasteiger partial charge in [0, 0.05) is 29.2 Å².